The second-order valence-corrected chi connectivity index (χ2v) is 4.57. The molecule has 0 spiro atoms. The molecule has 94 valence electrons. The molecular weight excluding hydrogens is 254 g/mol. The molecule has 1 N–H and O–H groups in total. The number of aliphatic hydroxyl groups is 1. The Morgan fingerprint density at radius 2 is 1.27 bits per heavy atom. The highest BCUT2D eigenvalue weighted by molar-refractivity contribution is 4.43. The second kappa shape index (κ2) is 10.9. The lowest BCUT2D eigenvalue weighted by atomic mass is 10.2. The van der Waals surface area contributed by atoms with Gasteiger partial charge >= 0.3 is 0 Å². The average Bonchev–Trinajstić information content (AvgIpc) is 2.21. The molecule has 0 aromatic carbocycles. The Bertz CT molecular complexity index is 109. The Kier molecular flexibility index (Phi) is 12.9. The first-order valence-corrected chi connectivity index (χ1v) is 6.13. The topological polar surface area (TPSA) is 20.2 Å². The fourth-order valence-electron chi connectivity index (χ4n) is 1.87. The smallest absolute Gasteiger partial charge is 0.0806 e. The molecule has 0 aliphatic heterocycles. The van der Waals surface area contributed by atoms with Gasteiger partial charge in [0.1, 0.15) is 0 Å². The third-order valence-electron chi connectivity index (χ3n) is 2.96. The van der Waals surface area contributed by atoms with Crippen molar-refractivity contribution in [3.63, 3.8) is 0 Å². The Labute approximate surface area is 106 Å². The lowest BCUT2D eigenvalue weighted by Gasteiger charge is -2.34. The summed E-state index contributed by atoms with van der Waals surface area (Å²) in [5, 5.41) is 8.87. The highest BCUT2D eigenvalue weighted by Crippen LogP contribution is 2.09. The number of nitrogens with zero attached hydrogens (tertiary/aromatic N) is 1. The third-order valence-corrected chi connectivity index (χ3v) is 2.96. The van der Waals surface area contributed by atoms with E-state index in [9.17, 15) is 0 Å². The fraction of sp³-hybridized carbons (Fsp3) is 1.00. The van der Waals surface area contributed by atoms with Gasteiger partial charge in [-0.2, -0.15) is 0 Å². The molecule has 0 saturated carbocycles. The minimum Gasteiger partial charge on any atom is -1.00 e. The number of rotatable bonds is 9. The monoisotopic (exact) mass is 281 g/mol. The van der Waals surface area contributed by atoms with Crippen LogP contribution in [0.4, 0.5) is 0 Å². The van der Waals surface area contributed by atoms with Crippen LogP contribution in [0.3, 0.4) is 0 Å². The van der Waals surface area contributed by atoms with Crippen molar-refractivity contribution in [3.8, 4) is 0 Å². The Hall–Kier alpha value is 0.400. The second-order valence-electron chi connectivity index (χ2n) is 4.57. The van der Waals surface area contributed by atoms with Gasteiger partial charge in [-0.1, -0.05) is 26.7 Å². The van der Waals surface area contributed by atoms with E-state index in [-0.39, 0.29) is 17.0 Å². The van der Waals surface area contributed by atoms with Crippen molar-refractivity contribution in [2.45, 2.75) is 46.0 Å². The molecule has 0 rings (SSSR count). The third kappa shape index (κ3) is 9.34. The molecule has 0 heterocycles. The summed E-state index contributed by atoms with van der Waals surface area (Å²) in [4.78, 5) is 0. The number of halogens is 1. The molecule has 15 heavy (non-hydrogen) atoms. The summed E-state index contributed by atoms with van der Waals surface area (Å²) in [5.41, 5.74) is 0. The summed E-state index contributed by atoms with van der Waals surface area (Å²) in [7, 11) is 2.33. The van der Waals surface area contributed by atoms with Gasteiger partial charge in [0.2, 0.25) is 0 Å². The van der Waals surface area contributed by atoms with Crippen LogP contribution in [-0.2, 0) is 0 Å². The van der Waals surface area contributed by atoms with Crippen LogP contribution in [0.1, 0.15) is 46.0 Å². The van der Waals surface area contributed by atoms with Crippen LogP contribution >= 0.6 is 0 Å². The van der Waals surface area contributed by atoms with E-state index < -0.39 is 0 Å². The molecule has 0 saturated heterocycles. The highest BCUT2D eigenvalue weighted by atomic mass is 79.9. The molecule has 3 heteroatoms. The first-order chi connectivity index (χ1) is 6.68. The Balaban J connectivity index is 0. The fourth-order valence-corrected chi connectivity index (χ4v) is 1.87. The molecular formula is C12H28BrNO. The number of unbranched alkanes of at least 4 members (excludes halogenated alkanes) is 2. The summed E-state index contributed by atoms with van der Waals surface area (Å²) in [6.07, 6.45) is 6.12. The highest BCUT2D eigenvalue weighted by Gasteiger charge is 2.19. The van der Waals surface area contributed by atoms with Crippen LogP contribution in [-0.4, -0.2) is 42.9 Å². The van der Waals surface area contributed by atoms with E-state index in [1.807, 2.05) is 0 Å². The number of hydrogen-bond donors (Lipinski definition) is 1. The molecule has 2 nitrogen and oxygen atoms in total. The molecule has 0 unspecified atom stereocenters. The maximum absolute atomic E-state index is 8.87. The van der Waals surface area contributed by atoms with Crippen LogP contribution < -0.4 is 17.0 Å². The minimum atomic E-state index is 0. The maximum atomic E-state index is 8.87. The van der Waals surface area contributed by atoms with E-state index in [1.165, 1.54) is 38.8 Å². The Morgan fingerprint density at radius 1 is 0.867 bits per heavy atom. The predicted molar refractivity (Wildman–Crippen MR) is 62.3 cm³/mol. The molecule has 0 bridgehead atoms. The standard InChI is InChI=1S/C12H28NO.BrH/c1-4-6-9-13(3,10-7-5-2)11-8-12-14;/h14H,4-12H2,1-3H3;1H/q+1;/p-1. The summed E-state index contributed by atoms with van der Waals surface area (Å²) >= 11 is 0. The summed E-state index contributed by atoms with van der Waals surface area (Å²) in [6.45, 7) is 8.52. The van der Waals surface area contributed by atoms with Crippen LogP contribution in [0.15, 0.2) is 0 Å². The predicted octanol–water partition coefficient (Wildman–Crippen LogP) is -0.580. The van der Waals surface area contributed by atoms with Crippen molar-refractivity contribution in [3.05, 3.63) is 0 Å². The summed E-state index contributed by atoms with van der Waals surface area (Å²) in [6, 6.07) is 0. The summed E-state index contributed by atoms with van der Waals surface area (Å²) in [5.74, 6) is 0. The number of quaternary nitrogens is 1. The molecule has 0 amide bonds. The van der Waals surface area contributed by atoms with Gasteiger partial charge in [0.25, 0.3) is 0 Å². The normalized spacial score (nSPS) is 11.2. The van der Waals surface area contributed by atoms with Gasteiger partial charge < -0.3 is 26.6 Å². The van der Waals surface area contributed by atoms with Gasteiger partial charge in [-0.15, -0.1) is 0 Å². The van der Waals surface area contributed by atoms with Crippen molar-refractivity contribution in [2.24, 2.45) is 0 Å². The van der Waals surface area contributed by atoms with Gasteiger partial charge in [-0.05, 0) is 12.8 Å². The van der Waals surface area contributed by atoms with Crippen molar-refractivity contribution < 1.29 is 26.6 Å². The van der Waals surface area contributed by atoms with E-state index in [0.717, 1.165) is 17.4 Å². The zero-order chi connectivity index (χ0) is 10.9. The van der Waals surface area contributed by atoms with Crippen LogP contribution in [0.2, 0.25) is 0 Å². The lowest BCUT2D eigenvalue weighted by Crippen LogP contribution is -3.00. The molecule has 0 aromatic rings. The quantitative estimate of drug-likeness (QED) is 0.561. The van der Waals surface area contributed by atoms with Crippen molar-refractivity contribution in [1.82, 2.24) is 0 Å². The molecule has 0 aliphatic carbocycles. The molecule has 0 fully saturated rings. The zero-order valence-corrected chi connectivity index (χ0v) is 12.2. The maximum Gasteiger partial charge on any atom is 0.0806 e. The van der Waals surface area contributed by atoms with E-state index in [4.69, 9.17) is 5.11 Å². The first-order valence-electron chi connectivity index (χ1n) is 6.13. The van der Waals surface area contributed by atoms with Crippen molar-refractivity contribution in [1.29, 1.82) is 0 Å². The van der Waals surface area contributed by atoms with Gasteiger partial charge in [-0.25, -0.2) is 0 Å². The molecule has 0 aromatic heterocycles. The van der Waals surface area contributed by atoms with Gasteiger partial charge in [-0.3, -0.25) is 0 Å². The van der Waals surface area contributed by atoms with Crippen LogP contribution in [0, 0.1) is 0 Å². The largest absolute Gasteiger partial charge is 1.00 e. The van der Waals surface area contributed by atoms with E-state index in [2.05, 4.69) is 20.9 Å². The minimum absolute atomic E-state index is 0. The van der Waals surface area contributed by atoms with Crippen LogP contribution in [0.25, 0.3) is 0 Å². The Morgan fingerprint density at radius 3 is 1.60 bits per heavy atom. The first kappa shape index (κ1) is 17.8. The van der Waals surface area contributed by atoms with E-state index in [0.29, 0.717) is 6.61 Å². The molecule has 0 atom stereocenters. The zero-order valence-electron chi connectivity index (χ0n) is 10.6. The lowest BCUT2D eigenvalue weighted by molar-refractivity contribution is -0.910. The van der Waals surface area contributed by atoms with Crippen molar-refractivity contribution >= 4 is 0 Å². The number of aliphatic hydroxyl groups excluding tert-OH is 1. The van der Waals surface area contributed by atoms with Crippen molar-refractivity contribution in [2.75, 3.05) is 33.3 Å². The van der Waals surface area contributed by atoms with Gasteiger partial charge in [0, 0.05) is 13.0 Å². The van der Waals surface area contributed by atoms with E-state index in [1.54, 1.807) is 0 Å². The average molecular weight is 282 g/mol. The van der Waals surface area contributed by atoms with Gasteiger partial charge in [0.05, 0.1) is 26.7 Å². The van der Waals surface area contributed by atoms with Crippen LogP contribution in [0.5, 0.6) is 0 Å². The molecule has 0 aliphatic rings. The van der Waals surface area contributed by atoms with E-state index >= 15 is 0 Å². The number of hydrogen-bond acceptors (Lipinski definition) is 1. The molecule has 0 radical (unpaired) electrons. The summed E-state index contributed by atoms with van der Waals surface area (Å²) < 4.78 is 1.16. The van der Waals surface area contributed by atoms with Gasteiger partial charge in [0.15, 0.2) is 0 Å². The SMILES string of the molecule is CCCC[N+](C)(CCCC)CCCO.[Br-].